The van der Waals surface area contributed by atoms with Crippen molar-refractivity contribution in [2.24, 2.45) is 0 Å². The molecule has 0 spiro atoms. The maximum absolute atomic E-state index is 5.43. The second-order valence-electron chi connectivity index (χ2n) is 6.28. The van der Waals surface area contributed by atoms with Crippen molar-refractivity contribution in [1.82, 2.24) is 20.1 Å². The lowest BCUT2D eigenvalue weighted by Crippen LogP contribution is -2.27. The summed E-state index contributed by atoms with van der Waals surface area (Å²) in [6, 6.07) is 5.08. The van der Waals surface area contributed by atoms with Gasteiger partial charge in [-0.1, -0.05) is 6.07 Å². The fraction of sp³-hybridized carbons (Fsp3) is 0.529. The number of nitrogens with zero attached hydrogens (tertiary/aromatic N) is 3. The van der Waals surface area contributed by atoms with Crippen molar-refractivity contribution in [3.63, 3.8) is 0 Å². The van der Waals surface area contributed by atoms with E-state index in [0.29, 0.717) is 12.6 Å². The van der Waals surface area contributed by atoms with Crippen molar-refractivity contribution >= 4 is 11.8 Å². The van der Waals surface area contributed by atoms with Gasteiger partial charge in [0.05, 0.1) is 13.2 Å². The Balaban J connectivity index is 1.52. The molecule has 2 aromatic rings. The monoisotopic (exact) mass is 330 g/mol. The van der Waals surface area contributed by atoms with Crippen LogP contribution in [0.25, 0.3) is 0 Å². The largest absolute Gasteiger partial charge is 0.372 e. The van der Waals surface area contributed by atoms with Gasteiger partial charge in [-0.2, -0.15) is 0 Å². The van der Waals surface area contributed by atoms with Gasteiger partial charge in [-0.25, -0.2) is 0 Å². The van der Waals surface area contributed by atoms with Crippen molar-refractivity contribution < 1.29 is 4.74 Å². The summed E-state index contributed by atoms with van der Waals surface area (Å²) in [7, 11) is 0. The van der Waals surface area contributed by atoms with Gasteiger partial charge in [0.25, 0.3) is 0 Å². The van der Waals surface area contributed by atoms with E-state index in [1.54, 1.807) is 0 Å². The predicted octanol–water partition coefficient (Wildman–Crippen LogP) is 2.75. The van der Waals surface area contributed by atoms with Crippen LogP contribution in [-0.4, -0.2) is 27.1 Å². The van der Waals surface area contributed by atoms with E-state index in [9.17, 15) is 0 Å². The summed E-state index contributed by atoms with van der Waals surface area (Å²) in [4.78, 5) is 1.42. The average Bonchev–Trinajstić information content (AvgIpc) is 2.97. The number of benzene rings is 1. The molecule has 1 atom stereocenters. The van der Waals surface area contributed by atoms with E-state index in [-0.39, 0.29) is 0 Å². The SMILES string of the molecule is Cc1cc2c(cc1C)C(NCc1nnc3n1CCOC3)CCS2. The van der Waals surface area contributed by atoms with E-state index in [1.807, 2.05) is 11.8 Å². The van der Waals surface area contributed by atoms with E-state index >= 15 is 0 Å². The molecule has 1 aromatic heterocycles. The Kier molecular flexibility index (Phi) is 4.13. The van der Waals surface area contributed by atoms with Crippen LogP contribution < -0.4 is 5.32 Å². The molecular formula is C17H22N4OS. The minimum Gasteiger partial charge on any atom is -0.372 e. The fourth-order valence-corrected chi connectivity index (χ4v) is 4.47. The first-order valence-corrected chi connectivity index (χ1v) is 9.17. The lowest BCUT2D eigenvalue weighted by atomic mass is 9.98. The van der Waals surface area contributed by atoms with Crippen LogP contribution in [0.5, 0.6) is 0 Å². The van der Waals surface area contributed by atoms with Crippen molar-refractivity contribution in [1.29, 1.82) is 0 Å². The molecule has 0 amide bonds. The number of nitrogens with one attached hydrogen (secondary N) is 1. The molecule has 122 valence electrons. The van der Waals surface area contributed by atoms with E-state index in [2.05, 4.69) is 46.1 Å². The second kappa shape index (κ2) is 6.26. The summed E-state index contributed by atoms with van der Waals surface area (Å²) in [5.41, 5.74) is 4.18. The molecule has 2 aliphatic heterocycles. The number of rotatable bonds is 3. The molecule has 0 saturated heterocycles. The molecule has 0 saturated carbocycles. The number of aromatic nitrogens is 3. The lowest BCUT2D eigenvalue weighted by molar-refractivity contribution is 0.0804. The minimum atomic E-state index is 0.401. The molecule has 4 rings (SSSR count). The Morgan fingerprint density at radius 2 is 2.17 bits per heavy atom. The van der Waals surface area contributed by atoms with E-state index in [0.717, 1.165) is 37.8 Å². The van der Waals surface area contributed by atoms with Crippen LogP contribution in [0.4, 0.5) is 0 Å². The summed E-state index contributed by atoms with van der Waals surface area (Å²) in [5.74, 6) is 3.13. The summed E-state index contributed by atoms with van der Waals surface area (Å²) >= 11 is 1.97. The minimum absolute atomic E-state index is 0.401. The highest BCUT2D eigenvalue weighted by molar-refractivity contribution is 7.99. The summed E-state index contributed by atoms with van der Waals surface area (Å²) in [6.45, 7) is 7.33. The van der Waals surface area contributed by atoms with Gasteiger partial charge in [-0.3, -0.25) is 0 Å². The van der Waals surface area contributed by atoms with Crippen LogP contribution in [0.3, 0.4) is 0 Å². The maximum atomic E-state index is 5.43. The topological polar surface area (TPSA) is 52.0 Å². The highest BCUT2D eigenvalue weighted by Crippen LogP contribution is 2.37. The van der Waals surface area contributed by atoms with Gasteiger partial charge in [-0.15, -0.1) is 22.0 Å². The van der Waals surface area contributed by atoms with Crippen molar-refractivity contribution in [3.8, 4) is 0 Å². The quantitative estimate of drug-likeness (QED) is 0.938. The molecule has 0 bridgehead atoms. The Labute approximate surface area is 140 Å². The molecule has 1 N–H and O–H groups in total. The molecule has 0 fully saturated rings. The van der Waals surface area contributed by atoms with Crippen LogP contribution >= 0.6 is 11.8 Å². The molecular weight excluding hydrogens is 308 g/mol. The number of hydrogen-bond acceptors (Lipinski definition) is 5. The molecule has 0 radical (unpaired) electrons. The van der Waals surface area contributed by atoms with Gasteiger partial charge in [0.1, 0.15) is 12.4 Å². The molecule has 6 heteroatoms. The van der Waals surface area contributed by atoms with Gasteiger partial charge in [-0.05, 0) is 48.8 Å². The normalized spacial score (nSPS) is 20.2. The van der Waals surface area contributed by atoms with Crippen LogP contribution in [0, 0.1) is 13.8 Å². The van der Waals surface area contributed by atoms with E-state index < -0.39 is 0 Å². The Morgan fingerprint density at radius 3 is 3.09 bits per heavy atom. The number of fused-ring (bicyclic) bond motifs is 2. The number of aryl methyl sites for hydroxylation is 2. The lowest BCUT2D eigenvalue weighted by Gasteiger charge is -2.27. The highest BCUT2D eigenvalue weighted by atomic mass is 32.2. The third kappa shape index (κ3) is 2.91. The van der Waals surface area contributed by atoms with E-state index in [1.165, 1.54) is 27.3 Å². The highest BCUT2D eigenvalue weighted by Gasteiger charge is 2.23. The van der Waals surface area contributed by atoms with Crippen LogP contribution in [0.1, 0.15) is 40.8 Å². The summed E-state index contributed by atoms with van der Waals surface area (Å²) in [5, 5.41) is 12.3. The van der Waals surface area contributed by atoms with Gasteiger partial charge in [0.2, 0.25) is 0 Å². The summed E-state index contributed by atoms with van der Waals surface area (Å²) < 4.78 is 7.62. The molecule has 23 heavy (non-hydrogen) atoms. The first-order chi connectivity index (χ1) is 11.2. The van der Waals surface area contributed by atoms with Crippen LogP contribution in [0.2, 0.25) is 0 Å². The van der Waals surface area contributed by atoms with Crippen molar-refractivity contribution in [2.75, 3.05) is 12.4 Å². The third-order valence-electron chi connectivity index (χ3n) is 4.77. The van der Waals surface area contributed by atoms with Gasteiger partial charge in [0, 0.05) is 17.5 Å². The zero-order valence-electron chi connectivity index (χ0n) is 13.6. The maximum Gasteiger partial charge on any atom is 0.159 e. The predicted molar refractivity (Wildman–Crippen MR) is 90.5 cm³/mol. The Morgan fingerprint density at radius 1 is 1.30 bits per heavy atom. The molecule has 0 aliphatic carbocycles. The Hall–Kier alpha value is -1.37. The standard InChI is InChI=1S/C17H22N4OS/c1-11-7-13-14(3-6-23-15(13)8-12(11)2)18-9-16-19-20-17-10-22-5-4-21(16)17/h7-8,14,18H,3-6,9-10H2,1-2H3. The molecule has 3 heterocycles. The fourth-order valence-electron chi connectivity index (χ4n) is 3.27. The summed E-state index contributed by atoms with van der Waals surface area (Å²) in [6.07, 6.45) is 1.16. The van der Waals surface area contributed by atoms with Gasteiger partial charge >= 0.3 is 0 Å². The van der Waals surface area contributed by atoms with Gasteiger partial charge < -0.3 is 14.6 Å². The first kappa shape index (κ1) is 15.2. The number of thioether (sulfide) groups is 1. The van der Waals surface area contributed by atoms with Crippen LogP contribution in [-0.2, 0) is 24.4 Å². The Bertz CT molecular complexity index is 728. The zero-order chi connectivity index (χ0) is 15.8. The molecule has 1 unspecified atom stereocenters. The second-order valence-corrected chi connectivity index (χ2v) is 7.42. The van der Waals surface area contributed by atoms with Crippen molar-refractivity contribution in [3.05, 3.63) is 40.5 Å². The average molecular weight is 330 g/mol. The molecule has 5 nitrogen and oxygen atoms in total. The molecule has 1 aromatic carbocycles. The van der Waals surface area contributed by atoms with Crippen molar-refractivity contribution in [2.45, 2.75) is 50.9 Å². The molecule has 2 aliphatic rings. The smallest absolute Gasteiger partial charge is 0.159 e. The van der Waals surface area contributed by atoms with Gasteiger partial charge in [0.15, 0.2) is 5.82 Å². The number of hydrogen-bond donors (Lipinski definition) is 1. The zero-order valence-corrected chi connectivity index (χ0v) is 14.4. The first-order valence-electron chi connectivity index (χ1n) is 8.18. The number of ether oxygens (including phenoxy) is 1. The van der Waals surface area contributed by atoms with E-state index in [4.69, 9.17) is 4.74 Å². The third-order valence-corrected chi connectivity index (χ3v) is 5.87. The van der Waals surface area contributed by atoms with Crippen LogP contribution in [0.15, 0.2) is 17.0 Å².